The molecule has 0 radical (unpaired) electrons. The van der Waals surface area contributed by atoms with Crippen LogP contribution in [0.3, 0.4) is 0 Å². The number of rotatable bonds is 8. The number of unbranched alkanes of at least 4 members (excludes halogenated alkanes) is 1. The predicted octanol–water partition coefficient (Wildman–Crippen LogP) is 1.05. The van der Waals surface area contributed by atoms with Crippen LogP contribution in [-0.4, -0.2) is 33.2 Å². The summed E-state index contributed by atoms with van der Waals surface area (Å²) in [6.07, 6.45) is 1.39. The molecule has 0 fully saturated rings. The maximum atomic E-state index is 10.5. The number of hydrogen-bond acceptors (Lipinski definition) is 3. The highest BCUT2D eigenvalue weighted by molar-refractivity contribution is 5.92. The number of carbonyl (C=O) groups is 3. The first-order valence-electron chi connectivity index (χ1n) is 5.04. The van der Waals surface area contributed by atoms with Crippen LogP contribution in [0.2, 0.25) is 0 Å². The summed E-state index contributed by atoms with van der Waals surface area (Å²) in [5.74, 6) is -5.46. The SMILES string of the molecule is CC(CCCCC(C(=O)O)C(=O)O)C(=O)O. The van der Waals surface area contributed by atoms with Gasteiger partial charge in [0.15, 0.2) is 5.92 Å². The van der Waals surface area contributed by atoms with E-state index >= 15 is 0 Å². The van der Waals surface area contributed by atoms with Gasteiger partial charge in [-0.3, -0.25) is 14.4 Å². The van der Waals surface area contributed by atoms with Gasteiger partial charge in [-0.2, -0.15) is 0 Å². The molecule has 3 N–H and O–H groups in total. The lowest BCUT2D eigenvalue weighted by molar-refractivity contribution is -0.155. The van der Waals surface area contributed by atoms with Crippen LogP contribution in [0.5, 0.6) is 0 Å². The lowest BCUT2D eigenvalue weighted by Gasteiger charge is -2.08. The van der Waals surface area contributed by atoms with Gasteiger partial charge in [0.05, 0.1) is 5.92 Å². The van der Waals surface area contributed by atoms with Gasteiger partial charge >= 0.3 is 17.9 Å². The zero-order valence-corrected chi connectivity index (χ0v) is 9.05. The zero-order valence-electron chi connectivity index (χ0n) is 9.05. The van der Waals surface area contributed by atoms with Crippen molar-refractivity contribution < 1.29 is 29.7 Å². The summed E-state index contributed by atoms with van der Waals surface area (Å²) in [6, 6.07) is 0. The third kappa shape index (κ3) is 5.33. The third-order valence-corrected chi connectivity index (χ3v) is 2.40. The van der Waals surface area contributed by atoms with E-state index in [1.165, 1.54) is 0 Å². The monoisotopic (exact) mass is 232 g/mol. The summed E-state index contributed by atoms with van der Waals surface area (Å²) in [7, 11) is 0. The Labute approximate surface area is 92.9 Å². The van der Waals surface area contributed by atoms with Gasteiger partial charge in [-0.1, -0.05) is 19.8 Å². The maximum Gasteiger partial charge on any atom is 0.317 e. The van der Waals surface area contributed by atoms with Crippen molar-refractivity contribution in [2.24, 2.45) is 11.8 Å². The molecular weight excluding hydrogens is 216 g/mol. The van der Waals surface area contributed by atoms with Crippen LogP contribution >= 0.6 is 0 Å². The van der Waals surface area contributed by atoms with Crippen LogP contribution < -0.4 is 0 Å². The van der Waals surface area contributed by atoms with Gasteiger partial charge in [0.1, 0.15) is 0 Å². The summed E-state index contributed by atoms with van der Waals surface area (Å²) >= 11 is 0. The molecule has 0 aromatic heterocycles. The molecule has 1 atom stereocenters. The zero-order chi connectivity index (χ0) is 12.7. The van der Waals surface area contributed by atoms with Gasteiger partial charge in [0.25, 0.3) is 0 Å². The van der Waals surface area contributed by atoms with Crippen LogP contribution in [0.15, 0.2) is 0 Å². The number of carboxylic acid groups (broad SMARTS) is 3. The van der Waals surface area contributed by atoms with Crippen molar-refractivity contribution in [3.05, 3.63) is 0 Å². The van der Waals surface area contributed by atoms with E-state index in [9.17, 15) is 14.4 Å². The van der Waals surface area contributed by atoms with Crippen LogP contribution in [0.25, 0.3) is 0 Å². The van der Waals surface area contributed by atoms with Crippen molar-refractivity contribution in [1.29, 1.82) is 0 Å². The molecule has 6 nitrogen and oxygen atoms in total. The molecule has 0 aromatic carbocycles. The summed E-state index contributed by atoms with van der Waals surface area (Å²) in [6.45, 7) is 1.56. The largest absolute Gasteiger partial charge is 0.481 e. The van der Waals surface area contributed by atoms with E-state index in [0.29, 0.717) is 19.3 Å². The molecule has 0 bridgehead atoms. The van der Waals surface area contributed by atoms with Crippen molar-refractivity contribution in [2.45, 2.75) is 32.6 Å². The first kappa shape index (κ1) is 14.4. The quantitative estimate of drug-likeness (QED) is 0.426. The van der Waals surface area contributed by atoms with E-state index in [-0.39, 0.29) is 6.42 Å². The fourth-order valence-corrected chi connectivity index (χ4v) is 1.28. The minimum atomic E-state index is -1.39. The second-order valence-corrected chi connectivity index (χ2v) is 3.75. The van der Waals surface area contributed by atoms with Crippen molar-refractivity contribution in [3.8, 4) is 0 Å². The Bertz CT molecular complexity index is 258. The molecule has 0 saturated carbocycles. The van der Waals surface area contributed by atoms with E-state index in [4.69, 9.17) is 15.3 Å². The van der Waals surface area contributed by atoms with Gasteiger partial charge < -0.3 is 15.3 Å². The Balaban J connectivity index is 3.84. The average Bonchev–Trinajstić information content (AvgIpc) is 2.15. The van der Waals surface area contributed by atoms with E-state index in [2.05, 4.69) is 0 Å². The summed E-state index contributed by atoms with van der Waals surface area (Å²) in [5, 5.41) is 25.7. The lowest BCUT2D eigenvalue weighted by Crippen LogP contribution is -2.23. The van der Waals surface area contributed by atoms with Crippen LogP contribution in [-0.2, 0) is 14.4 Å². The molecule has 0 amide bonds. The van der Waals surface area contributed by atoms with E-state index in [1.54, 1.807) is 6.92 Å². The third-order valence-electron chi connectivity index (χ3n) is 2.40. The van der Waals surface area contributed by atoms with Gasteiger partial charge in [0.2, 0.25) is 0 Å². The summed E-state index contributed by atoms with van der Waals surface area (Å²) < 4.78 is 0. The Kier molecular flexibility index (Phi) is 6.14. The highest BCUT2D eigenvalue weighted by atomic mass is 16.4. The standard InChI is InChI=1S/C10H16O6/c1-6(8(11)12)4-2-3-5-7(9(13)14)10(15)16/h6-7H,2-5H2,1H3,(H,11,12)(H,13,14)(H,15,16). The molecule has 0 aliphatic heterocycles. The molecule has 92 valence electrons. The molecule has 6 heteroatoms. The van der Waals surface area contributed by atoms with Gasteiger partial charge in [-0.25, -0.2) is 0 Å². The van der Waals surface area contributed by atoms with Crippen molar-refractivity contribution in [2.75, 3.05) is 0 Å². The van der Waals surface area contributed by atoms with Gasteiger partial charge in [0, 0.05) is 0 Å². The number of aliphatic carboxylic acids is 3. The Morgan fingerprint density at radius 2 is 1.31 bits per heavy atom. The molecule has 0 aromatic rings. The summed E-state index contributed by atoms with van der Waals surface area (Å²) in [5.41, 5.74) is 0. The van der Waals surface area contributed by atoms with E-state index < -0.39 is 29.7 Å². The Morgan fingerprint density at radius 1 is 0.875 bits per heavy atom. The van der Waals surface area contributed by atoms with Crippen molar-refractivity contribution >= 4 is 17.9 Å². The minimum absolute atomic E-state index is 0.0387. The molecule has 0 aliphatic carbocycles. The fraction of sp³-hybridized carbons (Fsp3) is 0.700. The predicted molar refractivity (Wildman–Crippen MR) is 54.0 cm³/mol. The first-order chi connectivity index (χ1) is 7.36. The molecule has 0 saturated heterocycles. The number of hydrogen-bond donors (Lipinski definition) is 3. The topological polar surface area (TPSA) is 112 Å². The van der Waals surface area contributed by atoms with E-state index in [0.717, 1.165) is 0 Å². The molecule has 0 heterocycles. The molecule has 0 aliphatic rings. The first-order valence-corrected chi connectivity index (χ1v) is 5.04. The highest BCUT2D eigenvalue weighted by Crippen LogP contribution is 2.14. The Morgan fingerprint density at radius 3 is 1.69 bits per heavy atom. The lowest BCUT2D eigenvalue weighted by atomic mass is 9.98. The van der Waals surface area contributed by atoms with Crippen LogP contribution in [0.1, 0.15) is 32.6 Å². The van der Waals surface area contributed by atoms with Gasteiger partial charge in [-0.15, -0.1) is 0 Å². The van der Waals surface area contributed by atoms with Crippen molar-refractivity contribution in [1.82, 2.24) is 0 Å². The highest BCUT2D eigenvalue weighted by Gasteiger charge is 2.24. The average molecular weight is 232 g/mol. The second-order valence-electron chi connectivity index (χ2n) is 3.75. The molecular formula is C10H16O6. The minimum Gasteiger partial charge on any atom is -0.481 e. The van der Waals surface area contributed by atoms with Gasteiger partial charge in [-0.05, 0) is 12.8 Å². The van der Waals surface area contributed by atoms with Crippen LogP contribution in [0, 0.1) is 11.8 Å². The number of carboxylic acids is 3. The second kappa shape index (κ2) is 6.81. The summed E-state index contributed by atoms with van der Waals surface area (Å²) in [4.78, 5) is 31.5. The maximum absolute atomic E-state index is 10.5. The molecule has 0 spiro atoms. The van der Waals surface area contributed by atoms with E-state index in [1.807, 2.05) is 0 Å². The smallest absolute Gasteiger partial charge is 0.317 e. The molecule has 1 unspecified atom stereocenters. The molecule has 16 heavy (non-hydrogen) atoms. The van der Waals surface area contributed by atoms with Crippen LogP contribution in [0.4, 0.5) is 0 Å². The normalized spacial score (nSPS) is 12.4. The molecule has 0 rings (SSSR count). The van der Waals surface area contributed by atoms with Crippen molar-refractivity contribution in [3.63, 3.8) is 0 Å². The Hall–Kier alpha value is -1.59. The fourth-order valence-electron chi connectivity index (χ4n) is 1.28.